The molecule has 1 aromatic heterocycles. The van der Waals surface area contributed by atoms with Crippen molar-refractivity contribution in [1.82, 2.24) is 9.55 Å². The van der Waals surface area contributed by atoms with E-state index in [4.69, 9.17) is 4.74 Å². The third-order valence-corrected chi connectivity index (χ3v) is 4.12. The molecule has 2 heterocycles. The van der Waals surface area contributed by atoms with E-state index in [0.29, 0.717) is 22.6 Å². The van der Waals surface area contributed by atoms with E-state index >= 15 is 0 Å². The van der Waals surface area contributed by atoms with E-state index in [1.54, 1.807) is 30.6 Å². The Labute approximate surface area is 144 Å². The van der Waals surface area contributed by atoms with Gasteiger partial charge in [-0.2, -0.15) is 0 Å². The number of Topliss-reactive ketones (excluding diaryl/α,β-unsaturated/α-hetero) is 1. The third kappa shape index (κ3) is 2.67. The third-order valence-electron chi connectivity index (χ3n) is 4.12. The van der Waals surface area contributed by atoms with Gasteiger partial charge in [-0.3, -0.25) is 14.2 Å². The van der Waals surface area contributed by atoms with Crippen LogP contribution in [-0.4, -0.2) is 21.2 Å². The molecular formula is C19H15N3O3. The van der Waals surface area contributed by atoms with Crippen LogP contribution in [0, 0.1) is 0 Å². The molecule has 0 unspecified atom stereocenters. The maximum Gasteiger partial charge on any atom is 0.276 e. The van der Waals surface area contributed by atoms with Crippen molar-refractivity contribution in [3.8, 4) is 11.4 Å². The number of amides is 1. The van der Waals surface area contributed by atoms with Crippen molar-refractivity contribution in [2.75, 3.05) is 5.32 Å². The normalized spacial score (nSPS) is 11.9. The predicted molar refractivity (Wildman–Crippen MR) is 92.3 cm³/mol. The number of rotatable bonds is 3. The summed E-state index contributed by atoms with van der Waals surface area (Å²) in [5.41, 5.74) is 3.10. The van der Waals surface area contributed by atoms with Gasteiger partial charge in [-0.25, -0.2) is 4.98 Å². The van der Waals surface area contributed by atoms with E-state index in [2.05, 4.69) is 10.3 Å². The van der Waals surface area contributed by atoms with E-state index in [9.17, 15) is 9.59 Å². The first-order valence-electron chi connectivity index (χ1n) is 7.84. The van der Waals surface area contributed by atoms with E-state index in [1.165, 1.54) is 6.92 Å². The molecule has 1 aliphatic heterocycles. The molecule has 124 valence electrons. The Morgan fingerprint density at radius 3 is 2.64 bits per heavy atom. The first-order chi connectivity index (χ1) is 12.1. The molecule has 0 spiro atoms. The van der Waals surface area contributed by atoms with Gasteiger partial charge in [0.2, 0.25) is 0 Å². The van der Waals surface area contributed by atoms with Gasteiger partial charge in [0, 0.05) is 11.3 Å². The van der Waals surface area contributed by atoms with Gasteiger partial charge in [-0.1, -0.05) is 12.1 Å². The average Bonchev–Trinajstić information content (AvgIpc) is 3.07. The number of hydrogen-bond acceptors (Lipinski definition) is 4. The Kier molecular flexibility index (Phi) is 3.57. The van der Waals surface area contributed by atoms with Crippen LogP contribution in [-0.2, 0) is 6.61 Å². The topological polar surface area (TPSA) is 73.2 Å². The highest BCUT2D eigenvalue weighted by Gasteiger charge is 2.24. The second-order valence-corrected chi connectivity index (χ2v) is 5.75. The number of nitrogens with one attached hydrogen (secondary N) is 1. The summed E-state index contributed by atoms with van der Waals surface area (Å²) >= 11 is 0. The Morgan fingerprint density at radius 1 is 1.12 bits per heavy atom. The molecule has 0 bridgehead atoms. The van der Waals surface area contributed by atoms with Crippen LogP contribution in [0.4, 0.5) is 5.69 Å². The largest absolute Gasteiger partial charge is 0.485 e. The molecule has 0 saturated carbocycles. The second-order valence-electron chi connectivity index (χ2n) is 5.75. The summed E-state index contributed by atoms with van der Waals surface area (Å²) in [7, 11) is 0. The highest BCUT2D eigenvalue weighted by Crippen LogP contribution is 2.30. The molecular weight excluding hydrogens is 318 g/mol. The minimum absolute atomic E-state index is 0.0168. The molecule has 0 radical (unpaired) electrons. The fraction of sp³-hybridized carbons (Fsp3) is 0.105. The highest BCUT2D eigenvalue weighted by atomic mass is 16.5. The first kappa shape index (κ1) is 15.1. The smallest absolute Gasteiger partial charge is 0.276 e. The Hall–Kier alpha value is -3.41. The molecule has 0 fully saturated rings. The summed E-state index contributed by atoms with van der Waals surface area (Å²) in [5.74, 6) is 0.434. The molecule has 6 nitrogen and oxygen atoms in total. The average molecular weight is 333 g/mol. The monoisotopic (exact) mass is 333 g/mol. The summed E-state index contributed by atoms with van der Waals surface area (Å²) in [6, 6.07) is 14.4. The maximum absolute atomic E-state index is 12.6. The number of aromatic nitrogens is 2. The van der Waals surface area contributed by atoms with Gasteiger partial charge in [0.05, 0.1) is 11.4 Å². The molecule has 3 aromatic rings. The van der Waals surface area contributed by atoms with Crippen molar-refractivity contribution >= 4 is 17.4 Å². The number of imidazole rings is 1. The van der Waals surface area contributed by atoms with Gasteiger partial charge < -0.3 is 10.1 Å². The van der Waals surface area contributed by atoms with E-state index in [1.807, 2.05) is 28.8 Å². The Balaban J connectivity index is 1.60. The number of anilines is 1. The highest BCUT2D eigenvalue weighted by molar-refractivity contribution is 6.04. The van der Waals surface area contributed by atoms with E-state index in [-0.39, 0.29) is 18.3 Å². The van der Waals surface area contributed by atoms with E-state index < -0.39 is 0 Å². The summed E-state index contributed by atoms with van der Waals surface area (Å²) in [6.07, 6.45) is 1.63. The maximum atomic E-state index is 12.6. The quantitative estimate of drug-likeness (QED) is 0.747. The van der Waals surface area contributed by atoms with Crippen LogP contribution < -0.4 is 10.1 Å². The molecule has 0 saturated heterocycles. The molecule has 0 aliphatic carbocycles. The van der Waals surface area contributed by atoms with Gasteiger partial charge in [-0.05, 0) is 43.3 Å². The van der Waals surface area contributed by atoms with Gasteiger partial charge >= 0.3 is 0 Å². The van der Waals surface area contributed by atoms with Crippen LogP contribution >= 0.6 is 0 Å². The molecule has 1 amide bonds. The van der Waals surface area contributed by atoms with Crippen molar-refractivity contribution in [1.29, 1.82) is 0 Å². The predicted octanol–water partition coefficient (Wildman–Crippen LogP) is 3.22. The van der Waals surface area contributed by atoms with Crippen LogP contribution in [0.1, 0.15) is 33.5 Å². The summed E-state index contributed by atoms with van der Waals surface area (Å²) < 4.78 is 7.58. The molecule has 25 heavy (non-hydrogen) atoms. The first-order valence-corrected chi connectivity index (χ1v) is 7.84. The van der Waals surface area contributed by atoms with Crippen LogP contribution in [0.2, 0.25) is 0 Å². The lowest BCUT2D eigenvalue weighted by atomic mass is 10.1. The van der Waals surface area contributed by atoms with Crippen LogP contribution in [0.15, 0.2) is 54.9 Å². The number of hydrogen-bond donors (Lipinski definition) is 1. The van der Waals surface area contributed by atoms with E-state index in [0.717, 1.165) is 11.4 Å². The number of fused-ring (bicyclic) bond motifs is 3. The van der Waals surface area contributed by atoms with Crippen LogP contribution in [0.3, 0.4) is 0 Å². The molecule has 6 heteroatoms. The van der Waals surface area contributed by atoms with Gasteiger partial charge in [0.15, 0.2) is 11.5 Å². The zero-order valence-corrected chi connectivity index (χ0v) is 13.5. The minimum Gasteiger partial charge on any atom is -0.485 e. The molecule has 1 N–H and O–H groups in total. The summed E-state index contributed by atoms with van der Waals surface area (Å²) in [4.78, 5) is 28.1. The molecule has 4 rings (SSSR count). The van der Waals surface area contributed by atoms with Crippen LogP contribution in [0.5, 0.6) is 5.75 Å². The standard InChI is InChI=1S/C19H15N3O3/c1-12(23)13-6-8-14(9-7-13)21-19(24)18-16-10-25-17-5-3-2-4-15(17)22(16)11-20-18/h2-9,11H,10H2,1H3,(H,21,24). The Bertz CT molecular complexity index is 974. The van der Waals surface area contributed by atoms with Crippen molar-refractivity contribution in [2.45, 2.75) is 13.5 Å². The van der Waals surface area contributed by atoms with Gasteiger partial charge in [0.25, 0.3) is 5.91 Å². The number of nitrogens with zero attached hydrogens (tertiary/aromatic N) is 2. The molecule has 0 atom stereocenters. The van der Waals surface area contributed by atoms with Crippen molar-refractivity contribution in [3.05, 3.63) is 71.8 Å². The molecule has 2 aromatic carbocycles. The van der Waals surface area contributed by atoms with Crippen molar-refractivity contribution in [3.63, 3.8) is 0 Å². The van der Waals surface area contributed by atoms with Crippen molar-refractivity contribution in [2.24, 2.45) is 0 Å². The number of carbonyl (C=O) groups is 2. The second kappa shape index (κ2) is 5.90. The van der Waals surface area contributed by atoms with Gasteiger partial charge in [-0.15, -0.1) is 0 Å². The number of ketones is 1. The number of para-hydroxylation sites is 2. The fourth-order valence-corrected chi connectivity index (χ4v) is 2.81. The number of ether oxygens (including phenoxy) is 1. The molecule has 1 aliphatic rings. The van der Waals surface area contributed by atoms with Crippen molar-refractivity contribution < 1.29 is 14.3 Å². The number of benzene rings is 2. The van der Waals surface area contributed by atoms with Gasteiger partial charge in [0.1, 0.15) is 18.7 Å². The lowest BCUT2D eigenvalue weighted by molar-refractivity contribution is 0.101. The fourth-order valence-electron chi connectivity index (χ4n) is 2.81. The zero-order chi connectivity index (χ0) is 17.4. The number of carbonyl (C=O) groups excluding carboxylic acids is 2. The lowest BCUT2D eigenvalue weighted by Gasteiger charge is -2.20. The SMILES string of the molecule is CC(=O)c1ccc(NC(=O)c2ncn3c2COc2ccccc2-3)cc1. The zero-order valence-electron chi connectivity index (χ0n) is 13.5. The van der Waals surface area contributed by atoms with Crippen LogP contribution in [0.25, 0.3) is 5.69 Å². The summed E-state index contributed by atoms with van der Waals surface area (Å²) in [5, 5.41) is 2.80. The summed E-state index contributed by atoms with van der Waals surface area (Å²) in [6.45, 7) is 1.78. The Morgan fingerprint density at radius 2 is 1.88 bits per heavy atom. The minimum atomic E-state index is -0.313. The lowest BCUT2D eigenvalue weighted by Crippen LogP contribution is -2.19.